The molecule has 0 fully saturated rings. The zero-order valence-corrected chi connectivity index (χ0v) is 7.49. The molecule has 6 nitrogen and oxygen atoms in total. The molecule has 0 aromatic carbocycles. The summed E-state index contributed by atoms with van der Waals surface area (Å²) >= 11 is 0. The summed E-state index contributed by atoms with van der Waals surface area (Å²) in [5.74, 6) is 0.458. The Labute approximate surface area is 75.7 Å². The summed E-state index contributed by atoms with van der Waals surface area (Å²) in [7, 11) is 0. The monoisotopic (exact) mass is 184 g/mol. The van der Waals surface area contributed by atoms with Crippen LogP contribution in [0.15, 0.2) is 0 Å². The predicted molar refractivity (Wildman–Crippen MR) is 43.7 cm³/mol. The van der Waals surface area contributed by atoms with Gasteiger partial charge in [0.2, 0.25) is 0 Å². The number of esters is 1. The first-order valence-corrected chi connectivity index (χ1v) is 4.21. The lowest BCUT2D eigenvalue weighted by molar-refractivity contribution is -0.143. The zero-order valence-electron chi connectivity index (χ0n) is 7.49. The molecule has 6 heteroatoms. The molecule has 1 rings (SSSR count). The lowest BCUT2D eigenvalue weighted by Gasteiger charge is -2.00. The third-order valence-corrected chi connectivity index (χ3v) is 1.45. The van der Waals surface area contributed by atoms with E-state index in [2.05, 4.69) is 20.6 Å². The van der Waals surface area contributed by atoms with Gasteiger partial charge >= 0.3 is 5.97 Å². The highest BCUT2D eigenvalue weighted by atomic mass is 16.5. The molecule has 0 unspecified atom stereocenters. The Balaban J connectivity index is 2.11. The molecular weight excluding hydrogens is 172 g/mol. The summed E-state index contributed by atoms with van der Waals surface area (Å²) in [6, 6.07) is 0. The maximum atomic E-state index is 10.9. The highest BCUT2D eigenvalue weighted by molar-refractivity contribution is 5.69. The normalized spacial score (nSPS) is 9.92. The van der Waals surface area contributed by atoms with Crippen LogP contribution in [0.2, 0.25) is 0 Å². The van der Waals surface area contributed by atoms with Crippen LogP contribution < -0.4 is 0 Å². The second-order valence-electron chi connectivity index (χ2n) is 2.57. The Morgan fingerprint density at radius 2 is 2.46 bits per heavy atom. The van der Waals surface area contributed by atoms with Gasteiger partial charge in [-0.15, -0.1) is 5.10 Å². The van der Waals surface area contributed by atoms with E-state index in [0.29, 0.717) is 25.3 Å². The molecule has 1 aromatic heterocycles. The van der Waals surface area contributed by atoms with Crippen LogP contribution in [0.1, 0.15) is 25.6 Å². The van der Waals surface area contributed by atoms with Crippen LogP contribution in [0.4, 0.5) is 0 Å². The van der Waals surface area contributed by atoms with E-state index in [-0.39, 0.29) is 5.97 Å². The van der Waals surface area contributed by atoms with Crippen molar-refractivity contribution < 1.29 is 9.53 Å². The van der Waals surface area contributed by atoms with E-state index in [1.54, 1.807) is 0 Å². The maximum Gasteiger partial charge on any atom is 0.305 e. The van der Waals surface area contributed by atoms with E-state index in [1.165, 1.54) is 0 Å². The van der Waals surface area contributed by atoms with Gasteiger partial charge in [0.05, 0.1) is 6.61 Å². The number of H-pyrrole nitrogens is 1. The van der Waals surface area contributed by atoms with Crippen molar-refractivity contribution >= 4 is 5.97 Å². The van der Waals surface area contributed by atoms with E-state index < -0.39 is 0 Å². The smallest absolute Gasteiger partial charge is 0.305 e. The number of nitrogens with zero attached hydrogens (tertiary/aromatic N) is 3. The SMILES string of the molecule is CCCC(=O)OCCc1nnn[nH]1. The number of hydrogen-bond donors (Lipinski definition) is 1. The minimum Gasteiger partial charge on any atom is -0.465 e. The van der Waals surface area contributed by atoms with Crippen molar-refractivity contribution in [2.75, 3.05) is 6.61 Å². The number of aromatic nitrogens is 4. The van der Waals surface area contributed by atoms with Crippen molar-refractivity contribution in [2.45, 2.75) is 26.2 Å². The number of nitrogens with one attached hydrogen (secondary N) is 1. The topological polar surface area (TPSA) is 80.8 Å². The van der Waals surface area contributed by atoms with E-state index in [0.717, 1.165) is 6.42 Å². The quantitative estimate of drug-likeness (QED) is 0.655. The van der Waals surface area contributed by atoms with Crippen molar-refractivity contribution in [3.63, 3.8) is 0 Å². The van der Waals surface area contributed by atoms with Crippen molar-refractivity contribution in [3.8, 4) is 0 Å². The van der Waals surface area contributed by atoms with Gasteiger partial charge in [0.25, 0.3) is 0 Å². The van der Waals surface area contributed by atoms with Gasteiger partial charge in [-0.1, -0.05) is 6.92 Å². The van der Waals surface area contributed by atoms with Crippen LogP contribution in [-0.2, 0) is 16.0 Å². The summed E-state index contributed by atoms with van der Waals surface area (Å²) in [5.41, 5.74) is 0. The lowest BCUT2D eigenvalue weighted by Crippen LogP contribution is -2.07. The Kier molecular flexibility index (Phi) is 3.87. The third-order valence-electron chi connectivity index (χ3n) is 1.45. The Bertz CT molecular complexity index is 247. The molecule has 1 aromatic rings. The van der Waals surface area contributed by atoms with Crippen LogP contribution in [-0.4, -0.2) is 33.2 Å². The molecule has 1 N–H and O–H groups in total. The molecule has 0 saturated heterocycles. The van der Waals surface area contributed by atoms with Gasteiger partial charge in [-0.05, 0) is 16.8 Å². The van der Waals surface area contributed by atoms with E-state index >= 15 is 0 Å². The second kappa shape index (κ2) is 5.23. The fraction of sp³-hybridized carbons (Fsp3) is 0.714. The van der Waals surface area contributed by atoms with E-state index in [4.69, 9.17) is 4.74 Å². The first kappa shape index (κ1) is 9.63. The zero-order chi connectivity index (χ0) is 9.52. The van der Waals surface area contributed by atoms with Gasteiger partial charge in [-0.3, -0.25) is 4.79 Å². The molecule has 72 valence electrons. The van der Waals surface area contributed by atoms with Crippen LogP contribution in [0.5, 0.6) is 0 Å². The molecule has 0 atom stereocenters. The highest BCUT2D eigenvalue weighted by Crippen LogP contribution is 1.93. The van der Waals surface area contributed by atoms with Crippen LogP contribution >= 0.6 is 0 Å². The number of carbonyl (C=O) groups excluding carboxylic acids is 1. The van der Waals surface area contributed by atoms with Gasteiger partial charge in [-0.25, -0.2) is 5.10 Å². The number of aromatic amines is 1. The van der Waals surface area contributed by atoms with Gasteiger partial charge in [0.15, 0.2) is 5.82 Å². The molecule has 0 saturated carbocycles. The average Bonchev–Trinajstić information content (AvgIpc) is 2.57. The largest absolute Gasteiger partial charge is 0.465 e. The van der Waals surface area contributed by atoms with Crippen molar-refractivity contribution in [1.29, 1.82) is 0 Å². The van der Waals surface area contributed by atoms with Crippen LogP contribution in [0, 0.1) is 0 Å². The molecule has 0 spiro atoms. The van der Waals surface area contributed by atoms with Crippen molar-refractivity contribution in [1.82, 2.24) is 20.6 Å². The first-order valence-electron chi connectivity index (χ1n) is 4.21. The number of ether oxygens (including phenoxy) is 1. The number of rotatable bonds is 5. The fourth-order valence-electron chi connectivity index (χ4n) is 0.823. The summed E-state index contributed by atoms with van der Waals surface area (Å²) in [6.07, 6.45) is 1.81. The summed E-state index contributed by atoms with van der Waals surface area (Å²) in [5, 5.41) is 13.0. The number of carbonyl (C=O) groups is 1. The summed E-state index contributed by atoms with van der Waals surface area (Å²) in [6.45, 7) is 2.26. The van der Waals surface area contributed by atoms with Gasteiger partial charge in [0.1, 0.15) is 0 Å². The molecule has 0 bridgehead atoms. The van der Waals surface area contributed by atoms with Gasteiger partial charge in [-0.2, -0.15) is 0 Å². The summed E-state index contributed by atoms with van der Waals surface area (Å²) < 4.78 is 4.90. The standard InChI is InChI=1S/C7H12N4O2/c1-2-3-7(12)13-5-4-6-8-10-11-9-6/h2-5H2,1H3,(H,8,9,10,11). The second-order valence-corrected chi connectivity index (χ2v) is 2.57. The van der Waals surface area contributed by atoms with Crippen LogP contribution in [0.3, 0.4) is 0 Å². The Morgan fingerprint density at radius 3 is 3.08 bits per heavy atom. The number of hydrogen-bond acceptors (Lipinski definition) is 5. The van der Waals surface area contributed by atoms with Crippen molar-refractivity contribution in [2.24, 2.45) is 0 Å². The molecule has 0 aliphatic heterocycles. The fourth-order valence-corrected chi connectivity index (χ4v) is 0.823. The lowest BCUT2D eigenvalue weighted by atomic mass is 10.3. The van der Waals surface area contributed by atoms with Crippen LogP contribution in [0.25, 0.3) is 0 Å². The third kappa shape index (κ3) is 3.64. The first-order chi connectivity index (χ1) is 6.33. The van der Waals surface area contributed by atoms with Gasteiger partial charge in [0, 0.05) is 12.8 Å². The predicted octanol–water partition coefficient (Wildman–Crippen LogP) is 0.0855. The highest BCUT2D eigenvalue weighted by Gasteiger charge is 2.01. The minimum absolute atomic E-state index is 0.171. The molecule has 13 heavy (non-hydrogen) atoms. The number of tetrazole rings is 1. The van der Waals surface area contributed by atoms with E-state index in [1.807, 2.05) is 6.92 Å². The Morgan fingerprint density at radius 1 is 1.62 bits per heavy atom. The maximum absolute atomic E-state index is 10.9. The van der Waals surface area contributed by atoms with E-state index in [9.17, 15) is 4.79 Å². The Hall–Kier alpha value is -1.46. The summed E-state index contributed by atoms with van der Waals surface area (Å²) in [4.78, 5) is 10.9. The molecule has 0 aliphatic carbocycles. The molecule has 0 aliphatic rings. The minimum atomic E-state index is -0.171. The van der Waals surface area contributed by atoms with Gasteiger partial charge < -0.3 is 4.74 Å². The average molecular weight is 184 g/mol. The molecule has 1 heterocycles. The molecule has 0 amide bonds. The van der Waals surface area contributed by atoms with Crippen molar-refractivity contribution in [3.05, 3.63) is 5.82 Å². The molecule has 0 radical (unpaired) electrons. The molecular formula is C7H12N4O2.